The van der Waals surface area contributed by atoms with Gasteiger partial charge in [0, 0.05) is 16.4 Å². The van der Waals surface area contributed by atoms with Crippen molar-refractivity contribution < 1.29 is 32.0 Å². The van der Waals surface area contributed by atoms with Gasteiger partial charge in [0.15, 0.2) is 18.2 Å². The van der Waals surface area contributed by atoms with Crippen molar-refractivity contribution in [2.75, 3.05) is 12.9 Å². The summed E-state index contributed by atoms with van der Waals surface area (Å²) in [5.74, 6) is -2.16. The van der Waals surface area contributed by atoms with E-state index in [0.29, 0.717) is 18.4 Å². The number of ketones is 1. The number of alkyl halides is 3. The lowest BCUT2D eigenvalue weighted by molar-refractivity contribution is -0.161. The Morgan fingerprint density at radius 2 is 2.07 bits per heavy atom. The number of Topliss-reactive ketones (excluding diaryl/α,β-unsaturated/α-hetero) is 1. The van der Waals surface area contributed by atoms with Gasteiger partial charge in [-0.2, -0.15) is 13.2 Å². The Kier molecular flexibility index (Phi) is 5.53. The van der Waals surface area contributed by atoms with Gasteiger partial charge in [0.1, 0.15) is 5.56 Å². The molecule has 0 bridgehead atoms. The first kappa shape index (κ1) is 19.8. The van der Waals surface area contributed by atoms with Gasteiger partial charge in [-0.3, -0.25) is 4.79 Å². The van der Waals surface area contributed by atoms with Crippen molar-refractivity contribution in [3.63, 3.8) is 0 Å². The molecule has 1 aliphatic rings. The number of esters is 1. The van der Waals surface area contributed by atoms with Crippen LogP contribution in [0, 0.1) is 5.92 Å². The maximum Gasteiger partial charge on any atom is 0.422 e. The maximum absolute atomic E-state index is 12.6. The number of hydrogen-bond donors (Lipinski definition) is 0. The molecule has 1 aromatic heterocycles. The number of ether oxygens (including phenoxy) is 1. The molecule has 1 saturated carbocycles. The SMILES string of the molecule is CSc1ccc(-c2onc(C(=O)OCC(F)(F)F)c2C(=O)C2CC2)c(Cl)c1. The van der Waals surface area contributed by atoms with Crippen molar-refractivity contribution in [3.8, 4) is 11.3 Å². The monoisotopic (exact) mass is 419 g/mol. The number of halogens is 4. The zero-order valence-electron chi connectivity index (χ0n) is 13.9. The van der Waals surface area contributed by atoms with E-state index in [4.69, 9.17) is 16.1 Å². The summed E-state index contributed by atoms with van der Waals surface area (Å²) in [6.07, 6.45) is -1.59. The van der Waals surface area contributed by atoms with E-state index in [2.05, 4.69) is 9.89 Å². The minimum Gasteiger partial charge on any atom is -0.451 e. The first-order valence-corrected chi connectivity index (χ1v) is 9.43. The molecule has 0 spiro atoms. The molecule has 5 nitrogen and oxygen atoms in total. The summed E-state index contributed by atoms with van der Waals surface area (Å²) in [6, 6.07) is 4.99. The van der Waals surface area contributed by atoms with E-state index >= 15 is 0 Å². The molecule has 10 heteroatoms. The molecule has 1 fully saturated rings. The van der Waals surface area contributed by atoms with Crippen molar-refractivity contribution in [1.82, 2.24) is 5.16 Å². The summed E-state index contributed by atoms with van der Waals surface area (Å²) in [7, 11) is 0. The lowest BCUT2D eigenvalue weighted by Crippen LogP contribution is -2.22. The van der Waals surface area contributed by atoms with Crippen molar-refractivity contribution in [1.29, 1.82) is 0 Å². The Hall–Kier alpha value is -2.00. The number of nitrogens with zero attached hydrogens (tertiary/aromatic N) is 1. The highest BCUT2D eigenvalue weighted by Gasteiger charge is 2.39. The molecule has 2 aromatic rings. The number of rotatable bonds is 6. The molecule has 27 heavy (non-hydrogen) atoms. The lowest BCUT2D eigenvalue weighted by atomic mass is 10.0. The maximum atomic E-state index is 12.6. The summed E-state index contributed by atoms with van der Waals surface area (Å²) in [4.78, 5) is 25.6. The largest absolute Gasteiger partial charge is 0.451 e. The fraction of sp³-hybridized carbons (Fsp3) is 0.353. The van der Waals surface area contributed by atoms with Crippen LogP contribution in [0.2, 0.25) is 5.02 Å². The van der Waals surface area contributed by atoms with Crippen LogP contribution in [-0.2, 0) is 4.74 Å². The molecule has 1 aromatic carbocycles. The van der Waals surface area contributed by atoms with Crippen molar-refractivity contribution in [3.05, 3.63) is 34.5 Å². The van der Waals surface area contributed by atoms with E-state index < -0.39 is 30.2 Å². The van der Waals surface area contributed by atoms with Crippen LogP contribution in [0.5, 0.6) is 0 Å². The predicted molar refractivity (Wildman–Crippen MR) is 92.1 cm³/mol. The van der Waals surface area contributed by atoms with Gasteiger partial charge in [0.25, 0.3) is 0 Å². The summed E-state index contributed by atoms with van der Waals surface area (Å²) < 4.78 is 46.3. The third-order valence-corrected chi connectivity index (χ3v) is 4.91. The van der Waals surface area contributed by atoms with Crippen LogP contribution < -0.4 is 0 Å². The van der Waals surface area contributed by atoms with E-state index in [1.807, 2.05) is 6.26 Å². The number of thioether (sulfide) groups is 1. The van der Waals surface area contributed by atoms with Crippen LogP contribution in [-0.4, -0.2) is 35.9 Å². The zero-order chi connectivity index (χ0) is 19.8. The molecule has 0 radical (unpaired) electrons. The smallest absolute Gasteiger partial charge is 0.422 e. The van der Waals surface area contributed by atoms with Gasteiger partial charge in [-0.1, -0.05) is 16.8 Å². The third-order valence-electron chi connectivity index (χ3n) is 3.87. The fourth-order valence-corrected chi connectivity index (χ4v) is 3.19. The van der Waals surface area contributed by atoms with Crippen molar-refractivity contribution in [2.24, 2.45) is 5.92 Å². The standard InChI is InChI=1S/C17H13ClF3NO4S/c1-27-9-4-5-10(11(18)6-9)15-12(14(23)8-2-3-8)13(22-26-15)16(24)25-7-17(19,20)21/h4-6,8H,2-3,7H2,1H3. The Labute approximate surface area is 161 Å². The lowest BCUT2D eigenvalue weighted by Gasteiger charge is -2.08. The summed E-state index contributed by atoms with van der Waals surface area (Å²) in [6.45, 7) is -1.78. The number of hydrogen-bond acceptors (Lipinski definition) is 6. The summed E-state index contributed by atoms with van der Waals surface area (Å²) in [5, 5.41) is 3.77. The Bertz CT molecular complexity index is 893. The first-order chi connectivity index (χ1) is 12.7. The Morgan fingerprint density at radius 3 is 2.63 bits per heavy atom. The van der Waals surface area contributed by atoms with Crippen LogP contribution in [0.15, 0.2) is 27.6 Å². The molecular formula is C17H13ClF3NO4S. The van der Waals surface area contributed by atoms with Gasteiger partial charge >= 0.3 is 12.1 Å². The van der Waals surface area contributed by atoms with Gasteiger partial charge in [0.2, 0.25) is 5.69 Å². The number of carbonyl (C=O) groups is 2. The molecule has 0 N–H and O–H groups in total. The highest BCUT2D eigenvalue weighted by atomic mass is 35.5. The van der Waals surface area contributed by atoms with Gasteiger partial charge in [-0.05, 0) is 37.3 Å². The number of carbonyl (C=O) groups excluding carboxylic acids is 2. The molecule has 1 heterocycles. The van der Waals surface area contributed by atoms with Crippen LogP contribution in [0.3, 0.4) is 0 Å². The van der Waals surface area contributed by atoms with E-state index in [1.165, 1.54) is 11.8 Å². The topological polar surface area (TPSA) is 69.4 Å². The normalized spacial score (nSPS) is 14.3. The van der Waals surface area contributed by atoms with E-state index in [9.17, 15) is 22.8 Å². The van der Waals surface area contributed by atoms with Gasteiger partial charge < -0.3 is 9.26 Å². The average Bonchev–Trinajstić information content (AvgIpc) is 3.37. The minimum absolute atomic E-state index is 0.0523. The third kappa shape index (κ3) is 4.47. The van der Waals surface area contributed by atoms with Crippen molar-refractivity contribution >= 4 is 35.1 Å². The van der Waals surface area contributed by atoms with Crippen molar-refractivity contribution in [2.45, 2.75) is 23.9 Å². The number of aromatic nitrogens is 1. The Balaban J connectivity index is 2.01. The van der Waals surface area contributed by atoms with Gasteiger partial charge in [0.05, 0.1) is 5.02 Å². The molecule has 0 aliphatic heterocycles. The average molecular weight is 420 g/mol. The van der Waals surface area contributed by atoms with Gasteiger partial charge in [-0.25, -0.2) is 4.79 Å². The second-order valence-corrected chi connectivity index (χ2v) is 7.20. The molecule has 144 valence electrons. The van der Waals surface area contributed by atoms with Crippen LogP contribution in [0.1, 0.15) is 33.7 Å². The second kappa shape index (κ2) is 7.55. The quantitative estimate of drug-likeness (QED) is 0.371. The molecule has 0 amide bonds. The second-order valence-electron chi connectivity index (χ2n) is 5.91. The highest BCUT2D eigenvalue weighted by Crippen LogP contribution is 2.40. The van der Waals surface area contributed by atoms with Crippen LogP contribution in [0.25, 0.3) is 11.3 Å². The van der Waals surface area contributed by atoms with Crippen LogP contribution >= 0.6 is 23.4 Å². The predicted octanol–water partition coefficient (Wildman–Crippen LogP) is 5.03. The van der Waals surface area contributed by atoms with E-state index in [0.717, 1.165) is 4.90 Å². The molecule has 1 aliphatic carbocycles. The minimum atomic E-state index is -4.69. The van der Waals surface area contributed by atoms with E-state index in [-0.39, 0.29) is 22.3 Å². The highest BCUT2D eigenvalue weighted by molar-refractivity contribution is 7.98. The number of benzene rings is 1. The molecule has 0 unspecified atom stereocenters. The fourth-order valence-electron chi connectivity index (χ4n) is 2.41. The molecule has 3 rings (SSSR count). The molecular weight excluding hydrogens is 407 g/mol. The summed E-state index contributed by atoms with van der Waals surface area (Å²) in [5.41, 5.74) is -0.444. The van der Waals surface area contributed by atoms with Crippen LogP contribution in [0.4, 0.5) is 13.2 Å². The zero-order valence-corrected chi connectivity index (χ0v) is 15.5. The van der Waals surface area contributed by atoms with E-state index in [1.54, 1.807) is 18.2 Å². The van der Waals surface area contributed by atoms with Gasteiger partial charge in [-0.15, -0.1) is 11.8 Å². The molecule has 0 atom stereocenters. The Morgan fingerprint density at radius 1 is 1.37 bits per heavy atom. The molecule has 0 saturated heterocycles. The summed E-state index contributed by atoms with van der Waals surface area (Å²) >= 11 is 7.70. The first-order valence-electron chi connectivity index (χ1n) is 7.83.